The molecule has 0 aliphatic carbocycles. The average Bonchev–Trinajstić information content (AvgIpc) is 3.19. The lowest BCUT2D eigenvalue weighted by Gasteiger charge is -2.35. The van der Waals surface area contributed by atoms with E-state index >= 15 is 0 Å². The van der Waals surface area contributed by atoms with E-state index in [2.05, 4.69) is 27.7 Å². The van der Waals surface area contributed by atoms with Crippen LogP contribution in [0.15, 0.2) is 35.7 Å². The lowest BCUT2D eigenvalue weighted by atomic mass is 10.1. The molecule has 1 saturated heterocycles. The first-order valence-corrected chi connectivity index (χ1v) is 9.46. The molecule has 2 heterocycles. The highest BCUT2D eigenvalue weighted by atomic mass is 32.1. The average molecular weight is 374 g/mol. The number of nitrogens with one attached hydrogen (secondary N) is 1. The molecule has 26 heavy (non-hydrogen) atoms. The summed E-state index contributed by atoms with van der Waals surface area (Å²) in [6, 6.07) is 8.56. The van der Waals surface area contributed by atoms with E-state index in [-0.39, 0.29) is 11.6 Å². The SMILES string of the molecule is CNc1ccc([N+](=O)[O-])cc1C(=O)N1CCN(CCc2cccs2)CC1. The van der Waals surface area contributed by atoms with E-state index < -0.39 is 4.92 Å². The van der Waals surface area contributed by atoms with Gasteiger partial charge in [-0.25, -0.2) is 0 Å². The number of rotatable bonds is 6. The van der Waals surface area contributed by atoms with Crippen molar-refractivity contribution in [1.82, 2.24) is 9.80 Å². The van der Waals surface area contributed by atoms with E-state index in [0.717, 1.165) is 26.1 Å². The predicted octanol–water partition coefficient (Wildman–Crippen LogP) is 2.70. The number of benzene rings is 1. The van der Waals surface area contributed by atoms with Gasteiger partial charge in [-0.15, -0.1) is 11.3 Å². The van der Waals surface area contributed by atoms with Gasteiger partial charge in [-0.1, -0.05) is 6.07 Å². The summed E-state index contributed by atoms with van der Waals surface area (Å²) in [6.45, 7) is 3.90. The van der Waals surface area contributed by atoms with Crippen molar-refractivity contribution in [3.05, 3.63) is 56.3 Å². The molecule has 1 aromatic carbocycles. The summed E-state index contributed by atoms with van der Waals surface area (Å²) in [4.78, 5) is 28.9. The Bertz CT molecular complexity index is 771. The summed E-state index contributed by atoms with van der Waals surface area (Å²) < 4.78 is 0. The molecule has 8 heteroatoms. The first kappa shape index (κ1) is 18.3. The zero-order valence-corrected chi connectivity index (χ0v) is 15.5. The third kappa shape index (κ3) is 4.20. The van der Waals surface area contributed by atoms with Crippen molar-refractivity contribution in [2.24, 2.45) is 0 Å². The molecule has 138 valence electrons. The molecule has 0 radical (unpaired) electrons. The monoisotopic (exact) mass is 374 g/mol. The summed E-state index contributed by atoms with van der Waals surface area (Å²) in [7, 11) is 1.71. The van der Waals surface area contributed by atoms with E-state index in [1.807, 2.05) is 0 Å². The standard InChI is InChI=1S/C18H22N4O3S/c1-19-17-5-4-14(22(24)25)13-16(17)18(23)21-10-8-20(9-11-21)7-6-15-3-2-12-26-15/h2-5,12-13,19H,6-11H2,1H3. The number of piperazine rings is 1. The van der Waals surface area contributed by atoms with Gasteiger partial charge in [-0.2, -0.15) is 0 Å². The summed E-state index contributed by atoms with van der Waals surface area (Å²) >= 11 is 1.77. The zero-order valence-electron chi connectivity index (χ0n) is 14.7. The molecule has 0 unspecified atom stereocenters. The summed E-state index contributed by atoms with van der Waals surface area (Å²) in [6.07, 6.45) is 1.03. The first-order valence-electron chi connectivity index (χ1n) is 8.58. The number of anilines is 1. The topological polar surface area (TPSA) is 78.7 Å². The molecule has 1 amide bonds. The highest BCUT2D eigenvalue weighted by Gasteiger charge is 2.25. The first-order chi connectivity index (χ1) is 12.6. The lowest BCUT2D eigenvalue weighted by molar-refractivity contribution is -0.384. The van der Waals surface area contributed by atoms with Gasteiger partial charge < -0.3 is 10.2 Å². The van der Waals surface area contributed by atoms with Gasteiger partial charge in [0.15, 0.2) is 0 Å². The van der Waals surface area contributed by atoms with Crippen LogP contribution in [0.5, 0.6) is 0 Å². The number of nitrogens with zero attached hydrogens (tertiary/aromatic N) is 3. The number of hydrogen-bond acceptors (Lipinski definition) is 6. The molecule has 1 aliphatic heterocycles. The Morgan fingerprint density at radius 1 is 1.27 bits per heavy atom. The lowest BCUT2D eigenvalue weighted by Crippen LogP contribution is -2.49. The van der Waals surface area contributed by atoms with Crippen molar-refractivity contribution in [3.63, 3.8) is 0 Å². The minimum Gasteiger partial charge on any atom is -0.387 e. The third-order valence-corrected chi connectivity index (χ3v) is 5.56. The Kier molecular flexibility index (Phi) is 5.85. The normalized spacial score (nSPS) is 15.0. The molecular weight excluding hydrogens is 352 g/mol. The molecule has 3 rings (SSSR count). The quantitative estimate of drug-likeness (QED) is 0.621. The van der Waals surface area contributed by atoms with Gasteiger partial charge in [0.05, 0.1) is 10.5 Å². The second-order valence-electron chi connectivity index (χ2n) is 6.20. The predicted molar refractivity (Wildman–Crippen MR) is 103 cm³/mol. The van der Waals surface area contributed by atoms with Crippen molar-refractivity contribution in [2.75, 3.05) is 45.1 Å². The molecule has 0 bridgehead atoms. The fourth-order valence-corrected chi connectivity index (χ4v) is 3.81. The minimum absolute atomic E-state index is 0.0677. The van der Waals surface area contributed by atoms with Crippen LogP contribution in [0.1, 0.15) is 15.2 Å². The second kappa shape index (κ2) is 8.29. The van der Waals surface area contributed by atoms with E-state index in [1.165, 1.54) is 17.0 Å². The van der Waals surface area contributed by atoms with Gasteiger partial charge in [0.1, 0.15) is 0 Å². The van der Waals surface area contributed by atoms with Gasteiger partial charge in [0.25, 0.3) is 11.6 Å². The van der Waals surface area contributed by atoms with Crippen LogP contribution in [-0.2, 0) is 6.42 Å². The number of amides is 1. The van der Waals surface area contributed by atoms with Crippen LogP contribution < -0.4 is 5.32 Å². The van der Waals surface area contributed by atoms with Crippen LogP contribution >= 0.6 is 11.3 Å². The molecule has 0 atom stereocenters. The smallest absolute Gasteiger partial charge is 0.270 e. The number of nitro groups is 1. The van der Waals surface area contributed by atoms with Gasteiger partial charge in [0, 0.05) is 62.5 Å². The fraction of sp³-hybridized carbons (Fsp3) is 0.389. The van der Waals surface area contributed by atoms with E-state index in [9.17, 15) is 14.9 Å². The van der Waals surface area contributed by atoms with Gasteiger partial charge >= 0.3 is 0 Å². The third-order valence-electron chi connectivity index (χ3n) is 4.63. The number of carbonyl (C=O) groups excluding carboxylic acids is 1. The number of hydrogen-bond donors (Lipinski definition) is 1. The van der Waals surface area contributed by atoms with Crippen LogP contribution in [0.2, 0.25) is 0 Å². The van der Waals surface area contributed by atoms with Crippen LogP contribution in [0.25, 0.3) is 0 Å². The van der Waals surface area contributed by atoms with Crippen molar-refractivity contribution in [3.8, 4) is 0 Å². The maximum Gasteiger partial charge on any atom is 0.270 e. The Morgan fingerprint density at radius 2 is 2.04 bits per heavy atom. The van der Waals surface area contributed by atoms with E-state index in [0.29, 0.717) is 24.3 Å². The number of non-ortho nitro benzene ring substituents is 1. The molecular formula is C18H22N4O3S. The molecule has 1 N–H and O–H groups in total. The molecule has 0 spiro atoms. The maximum absolute atomic E-state index is 12.9. The van der Waals surface area contributed by atoms with Gasteiger partial charge in [-0.05, 0) is 23.9 Å². The Balaban J connectivity index is 1.61. The molecule has 1 fully saturated rings. The van der Waals surface area contributed by atoms with Crippen LogP contribution in [0.4, 0.5) is 11.4 Å². The zero-order chi connectivity index (χ0) is 18.5. The molecule has 1 aliphatic rings. The van der Waals surface area contributed by atoms with Crippen molar-refractivity contribution < 1.29 is 9.72 Å². The second-order valence-corrected chi connectivity index (χ2v) is 7.23. The summed E-state index contributed by atoms with van der Waals surface area (Å²) in [5, 5.41) is 16.1. The summed E-state index contributed by atoms with van der Waals surface area (Å²) in [5.41, 5.74) is 0.899. The number of nitro benzene ring substituents is 1. The van der Waals surface area contributed by atoms with Crippen LogP contribution in [0.3, 0.4) is 0 Å². The van der Waals surface area contributed by atoms with Crippen LogP contribution in [-0.4, -0.2) is 60.4 Å². The minimum atomic E-state index is -0.473. The van der Waals surface area contributed by atoms with Crippen LogP contribution in [0, 0.1) is 10.1 Å². The Labute approximate surface area is 156 Å². The highest BCUT2D eigenvalue weighted by Crippen LogP contribution is 2.24. The van der Waals surface area contributed by atoms with Crippen molar-refractivity contribution >= 4 is 28.6 Å². The van der Waals surface area contributed by atoms with Crippen molar-refractivity contribution in [2.45, 2.75) is 6.42 Å². The van der Waals surface area contributed by atoms with E-state index in [4.69, 9.17) is 0 Å². The number of carbonyl (C=O) groups is 1. The Hall–Kier alpha value is -2.45. The van der Waals surface area contributed by atoms with E-state index in [1.54, 1.807) is 29.4 Å². The van der Waals surface area contributed by atoms with Gasteiger partial charge in [0.2, 0.25) is 0 Å². The van der Waals surface area contributed by atoms with Gasteiger partial charge in [-0.3, -0.25) is 19.8 Å². The Morgan fingerprint density at radius 3 is 2.65 bits per heavy atom. The molecule has 7 nitrogen and oxygen atoms in total. The highest BCUT2D eigenvalue weighted by molar-refractivity contribution is 7.09. The van der Waals surface area contributed by atoms with Crippen molar-refractivity contribution in [1.29, 1.82) is 0 Å². The largest absolute Gasteiger partial charge is 0.387 e. The molecule has 2 aromatic rings. The fourth-order valence-electron chi connectivity index (χ4n) is 3.11. The maximum atomic E-state index is 12.9. The molecule has 0 saturated carbocycles. The number of thiophene rings is 1. The molecule has 1 aromatic heterocycles. The summed E-state index contributed by atoms with van der Waals surface area (Å²) in [5.74, 6) is -0.157.